The molecule has 6 rings (SSSR count). The summed E-state index contributed by atoms with van der Waals surface area (Å²) in [6, 6.07) is 19.2. The minimum Gasteiger partial charge on any atom is -0.337 e. The Labute approximate surface area is 227 Å². The van der Waals surface area contributed by atoms with Gasteiger partial charge in [-0.05, 0) is 80.3 Å². The summed E-state index contributed by atoms with van der Waals surface area (Å²) in [4.78, 5) is 5.02. The molecule has 3 nitrogen and oxygen atoms in total. The van der Waals surface area contributed by atoms with Gasteiger partial charge in [-0.25, -0.2) is 4.98 Å². The number of aromatic nitrogens is 3. The fourth-order valence-electron chi connectivity index (χ4n) is 6.95. The fraction of sp³-hybridized carbons (Fsp3) is 0.400. The summed E-state index contributed by atoms with van der Waals surface area (Å²) in [5.41, 5.74) is 10.5. The predicted octanol–water partition coefficient (Wildman–Crippen LogP) is 9.77. The standard InChI is InChI=1S/C35H41N3/c1-7-35(5,6)30-22-32-28(27-15-11-12-16-31(27)38(32)26-13-9-8-10-14-26)21-29(30)34-36-17-18-37(34)33-24(3)19-23(2)20-25(33)4/h11-12,15-22,26H,7-10,13-14H2,1-6H3. The Hall–Kier alpha value is -3.33. The average Bonchev–Trinajstić information content (AvgIpc) is 3.50. The van der Waals surface area contributed by atoms with Gasteiger partial charge in [0.2, 0.25) is 0 Å². The number of imidazole rings is 1. The van der Waals surface area contributed by atoms with Crippen molar-refractivity contribution in [2.75, 3.05) is 0 Å². The van der Waals surface area contributed by atoms with Crippen LogP contribution in [0, 0.1) is 20.8 Å². The van der Waals surface area contributed by atoms with Crippen molar-refractivity contribution in [3.05, 3.63) is 83.2 Å². The molecule has 196 valence electrons. The van der Waals surface area contributed by atoms with Crippen molar-refractivity contribution in [1.29, 1.82) is 0 Å². The van der Waals surface area contributed by atoms with Gasteiger partial charge >= 0.3 is 0 Å². The second-order valence-corrected chi connectivity index (χ2v) is 12.2. The molecule has 38 heavy (non-hydrogen) atoms. The molecule has 0 unspecified atom stereocenters. The highest BCUT2D eigenvalue weighted by molar-refractivity contribution is 6.10. The lowest BCUT2D eigenvalue weighted by Gasteiger charge is -2.29. The SMILES string of the molecule is CCC(C)(C)c1cc2c(cc1-c1nccn1-c1c(C)cc(C)cc1C)c1ccccc1n2C1CCCCC1. The van der Waals surface area contributed by atoms with E-state index in [0.29, 0.717) is 6.04 Å². The van der Waals surface area contributed by atoms with E-state index >= 15 is 0 Å². The van der Waals surface area contributed by atoms with Crippen molar-refractivity contribution < 1.29 is 0 Å². The summed E-state index contributed by atoms with van der Waals surface area (Å²) in [5.74, 6) is 1.04. The highest BCUT2D eigenvalue weighted by Crippen LogP contribution is 2.44. The third-order valence-electron chi connectivity index (χ3n) is 9.16. The first-order valence-corrected chi connectivity index (χ1v) is 14.5. The molecule has 3 aromatic carbocycles. The zero-order valence-electron chi connectivity index (χ0n) is 23.9. The molecule has 0 bridgehead atoms. The van der Waals surface area contributed by atoms with Crippen molar-refractivity contribution in [2.24, 2.45) is 0 Å². The first kappa shape index (κ1) is 25.0. The Kier molecular flexibility index (Phi) is 6.21. The molecule has 1 saturated carbocycles. The summed E-state index contributed by atoms with van der Waals surface area (Å²) in [5, 5.41) is 2.71. The number of hydrogen-bond acceptors (Lipinski definition) is 1. The molecule has 2 aromatic heterocycles. The molecule has 1 aliphatic rings. The van der Waals surface area contributed by atoms with Crippen molar-refractivity contribution in [1.82, 2.24) is 14.1 Å². The third-order valence-corrected chi connectivity index (χ3v) is 9.16. The number of nitrogens with zero attached hydrogens (tertiary/aromatic N) is 3. The smallest absolute Gasteiger partial charge is 0.144 e. The van der Waals surface area contributed by atoms with Crippen LogP contribution in [0.5, 0.6) is 0 Å². The molecule has 0 radical (unpaired) electrons. The second-order valence-electron chi connectivity index (χ2n) is 12.2. The maximum absolute atomic E-state index is 5.02. The summed E-state index contributed by atoms with van der Waals surface area (Å²) in [6.07, 6.45) is 11.7. The van der Waals surface area contributed by atoms with Crippen LogP contribution in [0.2, 0.25) is 0 Å². The molecule has 1 fully saturated rings. The van der Waals surface area contributed by atoms with Gasteiger partial charge in [0.05, 0.1) is 5.69 Å². The number of fused-ring (bicyclic) bond motifs is 3. The van der Waals surface area contributed by atoms with Crippen LogP contribution in [0.4, 0.5) is 0 Å². The predicted molar refractivity (Wildman–Crippen MR) is 162 cm³/mol. The monoisotopic (exact) mass is 503 g/mol. The first-order chi connectivity index (χ1) is 18.3. The average molecular weight is 504 g/mol. The van der Waals surface area contributed by atoms with E-state index in [1.807, 2.05) is 6.20 Å². The van der Waals surface area contributed by atoms with E-state index in [2.05, 4.69) is 105 Å². The van der Waals surface area contributed by atoms with Crippen LogP contribution >= 0.6 is 0 Å². The van der Waals surface area contributed by atoms with Crippen LogP contribution < -0.4 is 0 Å². The summed E-state index contributed by atoms with van der Waals surface area (Å²) in [6.45, 7) is 13.7. The molecule has 2 heterocycles. The second kappa shape index (κ2) is 9.45. The zero-order valence-corrected chi connectivity index (χ0v) is 23.9. The van der Waals surface area contributed by atoms with E-state index in [1.54, 1.807) is 0 Å². The van der Waals surface area contributed by atoms with Gasteiger partial charge in [0.1, 0.15) is 5.82 Å². The van der Waals surface area contributed by atoms with Crippen molar-refractivity contribution in [2.45, 2.75) is 91.5 Å². The Balaban J connectivity index is 1.67. The third kappa shape index (κ3) is 3.99. The van der Waals surface area contributed by atoms with Crippen LogP contribution in [0.25, 0.3) is 38.9 Å². The summed E-state index contributed by atoms with van der Waals surface area (Å²) in [7, 11) is 0. The van der Waals surface area contributed by atoms with Crippen LogP contribution in [0.15, 0.2) is 60.9 Å². The molecule has 0 aliphatic heterocycles. The van der Waals surface area contributed by atoms with Crippen LogP contribution in [-0.4, -0.2) is 14.1 Å². The first-order valence-electron chi connectivity index (χ1n) is 14.5. The van der Waals surface area contributed by atoms with E-state index < -0.39 is 0 Å². The van der Waals surface area contributed by atoms with E-state index in [1.165, 1.54) is 87.4 Å². The number of rotatable bonds is 5. The highest BCUT2D eigenvalue weighted by atomic mass is 15.1. The minimum absolute atomic E-state index is 0.0194. The molecule has 1 aliphatic carbocycles. The molecule has 5 aromatic rings. The topological polar surface area (TPSA) is 22.8 Å². The van der Waals surface area contributed by atoms with Crippen LogP contribution in [-0.2, 0) is 5.41 Å². The van der Waals surface area contributed by atoms with Crippen LogP contribution in [0.1, 0.15) is 87.6 Å². The Bertz CT molecular complexity index is 1620. The van der Waals surface area contributed by atoms with Crippen molar-refractivity contribution in [3.8, 4) is 17.1 Å². The number of aryl methyl sites for hydroxylation is 3. The lowest BCUT2D eigenvalue weighted by atomic mass is 9.79. The minimum atomic E-state index is 0.0194. The van der Waals surface area contributed by atoms with Gasteiger partial charge in [-0.3, -0.25) is 4.57 Å². The van der Waals surface area contributed by atoms with E-state index in [9.17, 15) is 0 Å². The molecule has 3 heteroatoms. The Morgan fingerprint density at radius 1 is 0.868 bits per heavy atom. The molecular weight excluding hydrogens is 462 g/mol. The largest absolute Gasteiger partial charge is 0.337 e. The normalized spacial score (nSPS) is 15.1. The number of benzene rings is 3. The van der Waals surface area contributed by atoms with Crippen molar-refractivity contribution >= 4 is 21.8 Å². The molecule has 0 spiro atoms. The lowest BCUT2D eigenvalue weighted by Crippen LogP contribution is -2.18. The molecule has 0 saturated heterocycles. The van der Waals surface area contributed by atoms with Gasteiger partial charge in [-0.15, -0.1) is 0 Å². The quantitative estimate of drug-likeness (QED) is 0.234. The summed E-state index contributed by atoms with van der Waals surface area (Å²) < 4.78 is 5.00. The molecule has 0 amide bonds. The Morgan fingerprint density at radius 3 is 2.29 bits per heavy atom. The highest BCUT2D eigenvalue weighted by Gasteiger charge is 2.28. The van der Waals surface area contributed by atoms with Gasteiger partial charge in [0.25, 0.3) is 0 Å². The van der Waals surface area contributed by atoms with Gasteiger partial charge in [-0.2, -0.15) is 0 Å². The Morgan fingerprint density at radius 2 is 1.58 bits per heavy atom. The van der Waals surface area contributed by atoms with Crippen LogP contribution in [0.3, 0.4) is 0 Å². The van der Waals surface area contributed by atoms with Gasteiger partial charge < -0.3 is 4.57 Å². The maximum Gasteiger partial charge on any atom is 0.144 e. The van der Waals surface area contributed by atoms with E-state index in [4.69, 9.17) is 4.98 Å². The molecule has 0 N–H and O–H groups in total. The van der Waals surface area contributed by atoms with E-state index in [-0.39, 0.29) is 5.41 Å². The fourth-order valence-corrected chi connectivity index (χ4v) is 6.95. The number of para-hydroxylation sites is 1. The van der Waals surface area contributed by atoms with E-state index in [0.717, 1.165) is 12.2 Å². The lowest BCUT2D eigenvalue weighted by molar-refractivity contribution is 0.367. The number of hydrogen-bond donors (Lipinski definition) is 0. The maximum atomic E-state index is 5.02. The zero-order chi connectivity index (χ0) is 26.6. The molecular formula is C35H41N3. The molecule has 0 atom stereocenters. The van der Waals surface area contributed by atoms with Gasteiger partial charge in [0.15, 0.2) is 0 Å². The van der Waals surface area contributed by atoms with Crippen molar-refractivity contribution in [3.63, 3.8) is 0 Å². The van der Waals surface area contributed by atoms with Gasteiger partial charge in [-0.1, -0.05) is 75.9 Å². The van der Waals surface area contributed by atoms with Gasteiger partial charge in [0, 0.05) is 45.8 Å². The summed E-state index contributed by atoms with van der Waals surface area (Å²) >= 11 is 0.